The van der Waals surface area contributed by atoms with Gasteiger partial charge in [0.05, 0.1) is 5.56 Å². The van der Waals surface area contributed by atoms with Crippen molar-refractivity contribution >= 4 is 11.5 Å². The minimum atomic E-state index is -0.301. The van der Waals surface area contributed by atoms with Gasteiger partial charge in [0.2, 0.25) is 0 Å². The third-order valence-electron chi connectivity index (χ3n) is 5.11. The number of aryl methyl sites for hydroxylation is 1. The number of fused-ring (bicyclic) bond motifs is 3. The largest absolute Gasteiger partial charge is 0.422 e. The van der Waals surface area contributed by atoms with E-state index in [1.54, 1.807) is 12.1 Å². The lowest BCUT2D eigenvalue weighted by Crippen LogP contribution is -2.10. The molecule has 0 amide bonds. The Kier molecular flexibility index (Phi) is 3.84. The number of ether oxygens (including phenoxy) is 1. The Morgan fingerprint density at radius 2 is 1.80 bits per heavy atom. The number of benzene rings is 2. The highest BCUT2D eigenvalue weighted by molar-refractivity contribution is 5.93. The predicted molar refractivity (Wildman–Crippen MR) is 100 cm³/mol. The van der Waals surface area contributed by atoms with E-state index in [0.717, 1.165) is 11.1 Å². The summed E-state index contributed by atoms with van der Waals surface area (Å²) >= 11 is 0. The Hall–Kier alpha value is -2.61. The Balaban J connectivity index is 1.73. The summed E-state index contributed by atoms with van der Waals surface area (Å²) in [5.74, 6) is 1.62. The molecule has 126 valence electrons. The zero-order valence-electron chi connectivity index (χ0n) is 14.9. The predicted octanol–water partition coefficient (Wildman–Crippen LogP) is 5.65. The second-order valence-electron chi connectivity index (χ2n) is 7.21. The molecule has 2 aromatic carbocycles. The van der Waals surface area contributed by atoms with Crippen molar-refractivity contribution in [2.24, 2.45) is 5.92 Å². The summed E-state index contributed by atoms with van der Waals surface area (Å²) in [5.41, 5.74) is 6.64. The quantitative estimate of drug-likeness (QED) is 0.537. The van der Waals surface area contributed by atoms with Crippen molar-refractivity contribution < 1.29 is 9.53 Å². The van der Waals surface area contributed by atoms with E-state index >= 15 is 0 Å². The lowest BCUT2D eigenvalue weighted by Gasteiger charge is -2.22. The van der Waals surface area contributed by atoms with Crippen LogP contribution in [0.1, 0.15) is 53.2 Å². The van der Waals surface area contributed by atoms with Crippen LogP contribution >= 0.6 is 0 Å². The second-order valence-corrected chi connectivity index (χ2v) is 7.21. The van der Waals surface area contributed by atoms with Gasteiger partial charge in [-0.25, -0.2) is 4.79 Å². The maximum atomic E-state index is 12.6. The first kappa shape index (κ1) is 15.9. The number of rotatable bonds is 3. The van der Waals surface area contributed by atoms with Crippen LogP contribution in [0.3, 0.4) is 0 Å². The zero-order valence-corrected chi connectivity index (χ0v) is 14.9. The van der Waals surface area contributed by atoms with Crippen LogP contribution in [0.15, 0.2) is 65.9 Å². The number of hydrogen-bond donors (Lipinski definition) is 0. The molecule has 0 aromatic heterocycles. The van der Waals surface area contributed by atoms with Crippen molar-refractivity contribution in [2.75, 3.05) is 0 Å². The van der Waals surface area contributed by atoms with E-state index in [0.29, 0.717) is 23.2 Å². The van der Waals surface area contributed by atoms with Crippen molar-refractivity contribution in [1.82, 2.24) is 0 Å². The first-order valence-electron chi connectivity index (χ1n) is 8.83. The van der Waals surface area contributed by atoms with E-state index in [1.165, 1.54) is 23.1 Å². The molecular weight excluding hydrogens is 308 g/mol. The van der Waals surface area contributed by atoms with Gasteiger partial charge in [-0.15, -0.1) is 0 Å². The van der Waals surface area contributed by atoms with Gasteiger partial charge < -0.3 is 4.74 Å². The van der Waals surface area contributed by atoms with Gasteiger partial charge in [-0.2, -0.15) is 0 Å². The van der Waals surface area contributed by atoms with E-state index in [1.807, 2.05) is 32.0 Å². The molecule has 4 rings (SSSR count). The molecule has 0 saturated heterocycles. The van der Waals surface area contributed by atoms with Gasteiger partial charge in [-0.1, -0.05) is 42.5 Å². The third kappa shape index (κ3) is 2.82. The standard InChI is InChI=1S/C23H22O2/c1-14(2)22(25-23(24)16-9-5-4-6-10-16)20-13-17-12-19(17)21-15(3)8-7-11-18(20)21/h4-11,13,17,19H,12H2,1-3H3. The first-order valence-corrected chi connectivity index (χ1v) is 8.83. The third-order valence-corrected chi connectivity index (χ3v) is 5.11. The Labute approximate surface area is 148 Å². The monoisotopic (exact) mass is 330 g/mol. The zero-order chi connectivity index (χ0) is 17.6. The fraction of sp³-hybridized carbons (Fsp3) is 0.261. The van der Waals surface area contributed by atoms with Crippen LogP contribution in [0, 0.1) is 12.8 Å². The van der Waals surface area contributed by atoms with Crippen LogP contribution < -0.4 is 0 Å². The van der Waals surface area contributed by atoms with Crippen molar-refractivity contribution in [3.05, 3.63) is 88.2 Å². The van der Waals surface area contributed by atoms with Crippen LogP contribution in [-0.4, -0.2) is 5.97 Å². The van der Waals surface area contributed by atoms with E-state index < -0.39 is 0 Å². The van der Waals surface area contributed by atoms with Gasteiger partial charge in [0.15, 0.2) is 0 Å². The fourth-order valence-electron chi connectivity index (χ4n) is 3.79. The van der Waals surface area contributed by atoms with Crippen molar-refractivity contribution in [1.29, 1.82) is 0 Å². The molecule has 2 unspecified atom stereocenters. The number of hydrogen-bond acceptors (Lipinski definition) is 2. The molecule has 2 atom stereocenters. The fourth-order valence-corrected chi connectivity index (χ4v) is 3.79. The molecule has 0 spiro atoms. The molecule has 0 aliphatic heterocycles. The van der Waals surface area contributed by atoms with Gasteiger partial charge in [0.25, 0.3) is 0 Å². The molecule has 2 nitrogen and oxygen atoms in total. The van der Waals surface area contributed by atoms with E-state index in [4.69, 9.17) is 4.74 Å². The Bertz CT molecular complexity index is 899. The SMILES string of the molecule is CC(C)=C(OC(=O)c1ccccc1)C1=CC2CC2c2c(C)cccc21. The molecule has 25 heavy (non-hydrogen) atoms. The maximum absolute atomic E-state index is 12.6. The number of carbonyl (C=O) groups excluding carboxylic acids is 1. The Morgan fingerprint density at radius 1 is 1.04 bits per heavy atom. The summed E-state index contributed by atoms with van der Waals surface area (Å²) in [5, 5.41) is 0. The molecule has 1 saturated carbocycles. The summed E-state index contributed by atoms with van der Waals surface area (Å²) in [4.78, 5) is 12.6. The van der Waals surface area contributed by atoms with Crippen LogP contribution in [0.5, 0.6) is 0 Å². The average molecular weight is 330 g/mol. The molecule has 2 aromatic rings. The second kappa shape index (κ2) is 6.03. The molecular formula is C23H22O2. The summed E-state index contributed by atoms with van der Waals surface area (Å²) in [7, 11) is 0. The normalized spacial score (nSPS) is 20.0. The van der Waals surface area contributed by atoms with E-state index in [2.05, 4.69) is 31.2 Å². The van der Waals surface area contributed by atoms with E-state index in [9.17, 15) is 4.79 Å². The van der Waals surface area contributed by atoms with Crippen LogP contribution in [-0.2, 0) is 4.74 Å². The summed E-state index contributed by atoms with van der Waals surface area (Å²) in [6.07, 6.45) is 3.50. The average Bonchev–Trinajstić information content (AvgIpc) is 3.39. The topological polar surface area (TPSA) is 26.3 Å². The molecule has 2 heteroatoms. The van der Waals surface area contributed by atoms with Gasteiger partial charge in [-0.3, -0.25) is 0 Å². The van der Waals surface area contributed by atoms with Crippen molar-refractivity contribution in [2.45, 2.75) is 33.1 Å². The minimum Gasteiger partial charge on any atom is -0.422 e. The molecule has 2 aliphatic carbocycles. The van der Waals surface area contributed by atoms with Crippen LogP contribution in [0.4, 0.5) is 0 Å². The number of allylic oxidation sites excluding steroid dienone is 3. The summed E-state index contributed by atoms with van der Waals surface area (Å²) < 4.78 is 5.87. The van der Waals surface area contributed by atoms with Crippen LogP contribution in [0.2, 0.25) is 0 Å². The number of esters is 1. The molecule has 0 radical (unpaired) electrons. The smallest absolute Gasteiger partial charge is 0.343 e. The van der Waals surface area contributed by atoms with E-state index in [-0.39, 0.29) is 5.97 Å². The maximum Gasteiger partial charge on any atom is 0.343 e. The Morgan fingerprint density at radius 3 is 2.52 bits per heavy atom. The van der Waals surface area contributed by atoms with Gasteiger partial charge >= 0.3 is 5.97 Å². The highest BCUT2D eigenvalue weighted by Gasteiger charge is 2.43. The van der Waals surface area contributed by atoms with Crippen molar-refractivity contribution in [3.63, 3.8) is 0 Å². The van der Waals surface area contributed by atoms with Gasteiger partial charge in [0.1, 0.15) is 5.76 Å². The molecule has 0 bridgehead atoms. The minimum absolute atomic E-state index is 0.301. The highest BCUT2D eigenvalue weighted by Crippen LogP contribution is 2.56. The van der Waals surface area contributed by atoms with Gasteiger partial charge in [-0.05, 0) is 73.4 Å². The molecule has 1 fully saturated rings. The first-order chi connectivity index (χ1) is 12.1. The van der Waals surface area contributed by atoms with Crippen LogP contribution in [0.25, 0.3) is 5.57 Å². The summed E-state index contributed by atoms with van der Waals surface area (Å²) in [6, 6.07) is 15.6. The van der Waals surface area contributed by atoms with Crippen molar-refractivity contribution in [3.8, 4) is 0 Å². The summed E-state index contributed by atoms with van der Waals surface area (Å²) in [6.45, 7) is 6.18. The molecule has 0 N–H and O–H groups in total. The lowest BCUT2D eigenvalue weighted by atomic mass is 9.86. The number of carbonyl (C=O) groups is 1. The molecule has 2 aliphatic rings. The highest BCUT2D eigenvalue weighted by atomic mass is 16.5. The lowest BCUT2D eigenvalue weighted by molar-refractivity contribution is 0.0637. The van der Waals surface area contributed by atoms with Gasteiger partial charge in [0, 0.05) is 5.57 Å². The molecule has 0 heterocycles.